The summed E-state index contributed by atoms with van der Waals surface area (Å²) >= 11 is 0. The summed E-state index contributed by atoms with van der Waals surface area (Å²) in [6.45, 7) is 2.39. The van der Waals surface area contributed by atoms with Crippen molar-refractivity contribution in [2.45, 2.75) is 17.9 Å². The monoisotopic (exact) mass is 452 g/mol. The largest absolute Gasteiger partial charge is 0.449 e. The van der Waals surface area contributed by atoms with Crippen LogP contribution in [0, 0.1) is 0 Å². The summed E-state index contributed by atoms with van der Waals surface area (Å²) in [5.41, 5.74) is 0.404. The van der Waals surface area contributed by atoms with Crippen molar-refractivity contribution in [2.24, 2.45) is 0 Å². The smallest absolute Gasteiger partial charge is 0.339 e. The highest BCUT2D eigenvalue weighted by molar-refractivity contribution is 7.89. The summed E-state index contributed by atoms with van der Waals surface area (Å²) in [7, 11) is -3.60. The number of nitrogens with zero attached hydrogens (tertiary/aromatic N) is 2. The van der Waals surface area contributed by atoms with E-state index in [1.165, 1.54) is 9.21 Å². The maximum absolute atomic E-state index is 12.8. The number of sulfonamides is 1. The summed E-state index contributed by atoms with van der Waals surface area (Å²) in [4.78, 5) is 27.3. The van der Waals surface area contributed by atoms with Crippen LogP contribution in [0.4, 0.5) is 0 Å². The van der Waals surface area contributed by atoms with E-state index >= 15 is 0 Å². The first-order valence-corrected chi connectivity index (χ1v) is 11.8. The molecular formula is C24H24N2O5S. The number of hydrogen-bond acceptors (Lipinski definition) is 5. The van der Waals surface area contributed by atoms with Crippen molar-refractivity contribution in [3.63, 3.8) is 0 Å². The molecule has 0 N–H and O–H groups in total. The third-order valence-corrected chi connectivity index (χ3v) is 7.49. The van der Waals surface area contributed by atoms with Crippen LogP contribution in [-0.2, 0) is 19.6 Å². The lowest BCUT2D eigenvalue weighted by molar-refractivity contribution is -0.141. The fraction of sp³-hybridized carbons (Fsp3) is 0.250. The van der Waals surface area contributed by atoms with E-state index in [4.69, 9.17) is 4.74 Å². The number of fused-ring (bicyclic) bond motifs is 1. The van der Waals surface area contributed by atoms with Gasteiger partial charge < -0.3 is 9.64 Å². The Morgan fingerprint density at radius 2 is 1.47 bits per heavy atom. The molecule has 0 aromatic heterocycles. The predicted molar refractivity (Wildman–Crippen MR) is 121 cm³/mol. The number of benzene rings is 3. The second-order valence-electron chi connectivity index (χ2n) is 7.62. The van der Waals surface area contributed by atoms with Crippen LogP contribution in [-0.4, -0.2) is 61.8 Å². The van der Waals surface area contributed by atoms with Gasteiger partial charge in [0, 0.05) is 26.2 Å². The van der Waals surface area contributed by atoms with Gasteiger partial charge in [0.15, 0.2) is 6.10 Å². The van der Waals surface area contributed by atoms with Crippen molar-refractivity contribution in [1.29, 1.82) is 0 Å². The zero-order valence-corrected chi connectivity index (χ0v) is 18.5. The van der Waals surface area contributed by atoms with E-state index in [-0.39, 0.29) is 37.0 Å². The van der Waals surface area contributed by atoms with E-state index in [0.29, 0.717) is 5.56 Å². The zero-order chi connectivity index (χ0) is 22.7. The molecule has 1 amide bonds. The maximum Gasteiger partial charge on any atom is 0.339 e. The van der Waals surface area contributed by atoms with Gasteiger partial charge in [-0.25, -0.2) is 13.2 Å². The van der Waals surface area contributed by atoms with Gasteiger partial charge in [-0.15, -0.1) is 0 Å². The van der Waals surface area contributed by atoms with E-state index in [1.54, 1.807) is 49.4 Å². The molecule has 8 heteroatoms. The lowest BCUT2D eigenvalue weighted by Gasteiger charge is -2.35. The number of hydrogen-bond donors (Lipinski definition) is 0. The van der Waals surface area contributed by atoms with Crippen LogP contribution in [0.2, 0.25) is 0 Å². The third kappa shape index (κ3) is 4.37. The molecule has 3 aromatic carbocycles. The van der Waals surface area contributed by atoms with Crippen molar-refractivity contribution < 1.29 is 22.7 Å². The fourth-order valence-electron chi connectivity index (χ4n) is 3.83. The van der Waals surface area contributed by atoms with E-state index < -0.39 is 22.1 Å². The molecule has 0 spiro atoms. The summed E-state index contributed by atoms with van der Waals surface area (Å²) in [5, 5.41) is 1.68. The molecule has 1 aliphatic rings. The number of esters is 1. The molecule has 1 atom stereocenters. The lowest BCUT2D eigenvalue weighted by Crippen LogP contribution is -2.52. The first-order valence-electron chi connectivity index (χ1n) is 10.4. The SMILES string of the molecule is CC(OC(=O)c1cccc2ccccc12)C(=O)N1CCN(S(=O)(=O)c2ccccc2)CC1. The summed E-state index contributed by atoms with van der Waals surface area (Å²) < 4.78 is 32.4. The zero-order valence-electron chi connectivity index (χ0n) is 17.7. The van der Waals surface area contributed by atoms with E-state index in [2.05, 4.69) is 0 Å². The molecule has 0 saturated carbocycles. The maximum atomic E-state index is 12.8. The molecule has 32 heavy (non-hydrogen) atoms. The second-order valence-corrected chi connectivity index (χ2v) is 9.55. The molecule has 1 heterocycles. The van der Waals surface area contributed by atoms with Crippen LogP contribution < -0.4 is 0 Å². The standard InChI is InChI=1S/C24H24N2O5S/c1-18(31-24(28)22-13-7-9-19-8-5-6-12-21(19)22)23(27)25-14-16-26(17-15-25)32(29,30)20-10-3-2-4-11-20/h2-13,18H,14-17H2,1H3. The fourth-order valence-corrected chi connectivity index (χ4v) is 5.27. The second kappa shape index (κ2) is 9.10. The van der Waals surface area contributed by atoms with Crippen LogP contribution >= 0.6 is 0 Å². The quantitative estimate of drug-likeness (QED) is 0.556. The molecule has 1 fully saturated rings. The molecular weight excluding hydrogens is 428 g/mol. The van der Waals surface area contributed by atoms with Gasteiger partial charge in [0.2, 0.25) is 10.0 Å². The predicted octanol–water partition coefficient (Wildman–Crippen LogP) is 2.92. The Morgan fingerprint density at radius 3 is 2.19 bits per heavy atom. The van der Waals surface area contributed by atoms with Crippen LogP contribution in [0.3, 0.4) is 0 Å². The van der Waals surface area contributed by atoms with Crippen molar-refractivity contribution >= 4 is 32.7 Å². The van der Waals surface area contributed by atoms with Crippen molar-refractivity contribution in [2.75, 3.05) is 26.2 Å². The van der Waals surface area contributed by atoms with Gasteiger partial charge in [-0.2, -0.15) is 4.31 Å². The summed E-state index contributed by atoms with van der Waals surface area (Å²) in [6.07, 6.45) is -0.973. The first-order chi connectivity index (χ1) is 15.4. The molecule has 166 valence electrons. The van der Waals surface area contributed by atoms with Gasteiger partial charge in [-0.1, -0.05) is 54.6 Å². The highest BCUT2D eigenvalue weighted by atomic mass is 32.2. The number of piperazine rings is 1. The number of rotatable bonds is 5. The molecule has 1 unspecified atom stereocenters. The Labute approximate surface area is 187 Å². The van der Waals surface area contributed by atoms with E-state index in [9.17, 15) is 18.0 Å². The normalized spacial score (nSPS) is 16.0. The third-order valence-electron chi connectivity index (χ3n) is 5.57. The lowest BCUT2D eigenvalue weighted by atomic mass is 10.0. The molecule has 0 bridgehead atoms. The molecule has 7 nitrogen and oxygen atoms in total. The topological polar surface area (TPSA) is 84.0 Å². The van der Waals surface area contributed by atoms with Crippen LogP contribution in [0.25, 0.3) is 10.8 Å². The average molecular weight is 453 g/mol. The summed E-state index contributed by atoms with van der Waals surface area (Å²) in [5.74, 6) is -0.900. The Bertz CT molecular complexity index is 1230. The molecule has 0 radical (unpaired) electrons. The highest BCUT2D eigenvalue weighted by Gasteiger charge is 2.32. The Morgan fingerprint density at radius 1 is 0.844 bits per heavy atom. The number of ether oxygens (including phenoxy) is 1. The average Bonchev–Trinajstić information content (AvgIpc) is 2.83. The van der Waals surface area contributed by atoms with Gasteiger partial charge in [0.25, 0.3) is 5.91 Å². The first kappa shape index (κ1) is 22.0. The molecule has 3 aromatic rings. The van der Waals surface area contributed by atoms with Gasteiger partial charge in [0.1, 0.15) is 0 Å². The van der Waals surface area contributed by atoms with Crippen LogP contribution in [0.5, 0.6) is 0 Å². The van der Waals surface area contributed by atoms with Crippen molar-refractivity contribution in [3.05, 3.63) is 78.4 Å². The Hall–Kier alpha value is -3.23. The minimum Gasteiger partial charge on any atom is -0.449 e. The minimum absolute atomic E-state index is 0.187. The molecule has 0 aliphatic carbocycles. The van der Waals surface area contributed by atoms with Gasteiger partial charge in [-0.3, -0.25) is 4.79 Å². The molecule has 1 aliphatic heterocycles. The Kier molecular flexibility index (Phi) is 6.25. The molecule has 4 rings (SSSR count). The highest BCUT2D eigenvalue weighted by Crippen LogP contribution is 2.21. The van der Waals surface area contributed by atoms with Crippen molar-refractivity contribution in [3.8, 4) is 0 Å². The van der Waals surface area contributed by atoms with Gasteiger partial charge >= 0.3 is 5.97 Å². The number of carbonyl (C=O) groups excluding carboxylic acids is 2. The summed E-state index contributed by atoms with van der Waals surface area (Å²) in [6, 6.07) is 21.1. The van der Waals surface area contributed by atoms with E-state index in [1.807, 2.05) is 30.3 Å². The van der Waals surface area contributed by atoms with Gasteiger partial charge in [0.05, 0.1) is 10.5 Å². The van der Waals surface area contributed by atoms with Crippen molar-refractivity contribution in [1.82, 2.24) is 9.21 Å². The Balaban J connectivity index is 1.38. The van der Waals surface area contributed by atoms with Crippen LogP contribution in [0.1, 0.15) is 17.3 Å². The van der Waals surface area contributed by atoms with Crippen LogP contribution in [0.15, 0.2) is 77.7 Å². The minimum atomic E-state index is -3.60. The number of amides is 1. The van der Waals surface area contributed by atoms with E-state index in [0.717, 1.165) is 10.8 Å². The molecule has 1 saturated heterocycles. The number of carbonyl (C=O) groups is 2. The van der Waals surface area contributed by atoms with Gasteiger partial charge in [-0.05, 0) is 35.9 Å².